The molecule has 0 aliphatic heterocycles. The Bertz CT molecular complexity index is 636. The Labute approximate surface area is 115 Å². The Kier molecular flexibility index (Phi) is 3.58. The number of nitro groups is 1. The maximum atomic E-state index is 13.9. The van der Waals surface area contributed by atoms with Crippen LogP contribution in [0.25, 0.3) is 11.3 Å². The zero-order valence-electron chi connectivity index (χ0n) is 8.73. The van der Waals surface area contributed by atoms with Crippen LogP contribution in [0.1, 0.15) is 0 Å². The maximum absolute atomic E-state index is 13.9. The minimum atomic E-state index is -0.604. The van der Waals surface area contributed by atoms with Gasteiger partial charge in [0.25, 0.3) is 5.69 Å². The first-order valence-electron chi connectivity index (χ1n) is 4.75. The van der Waals surface area contributed by atoms with Crippen molar-refractivity contribution in [1.82, 2.24) is 4.98 Å². The number of halogens is 3. The lowest BCUT2D eigenvalue weighted by Crippen LogP contribution is -1.94. The van der Waals surface area contributed by atoms with E-state index in [2.05, 4.69) is 20.9 Å². The second kappa shape index (κ2) is 4.99. The molecule has 0 unspecified atom stereocenters. The van der Waals surface area contributed by atoms with Gasteiger partial charge in [-0.25, -0.2) is 9.37 Å². The highest BCUT2D eigenvalue weighted by atomic mass is 79.9. The molecule has 0 radical (unpaired) electrons. The predicted octanol–water partition coefficient (Wildman–Crippen LogP) is 4.21. The van der Waals surface area contributed by atoms with Crippen LogP contribution in [-0.2, 0) is 0 Å². The van der Waals surface area contributed by atoms with Gasteiger partial charge in [-0.2, -0.15) is 0 Å². The zero-order valence-corrected chi connectivity index (χ0v) is 11.1. The van der Waals surface area contributed by atoms with Gasteiger partial charge < -0.3 is 0 Å². The molecule has 0 bridgehead atoms. The van der Waals surface area contributed by atoms with E-state index in [1.54, 1.807) is 6.07 Å². The molecule has 2 aromatic rings. The molecular weight excluding hydrogens is 326 g/mol. The lowest BCUT2D eigenvalue weighted by molar-refractivity contribution is -0.384. The predicted molar refractivity (Wildman–Crippen MR) is 69.0 cm³/mol. The summed E-state index contributed by atoms with van der Waals surface area (Å²) in [5, 5.41) is 10.6. The summed E-state index contributed by atoms with van der Waals surface area (Å²) in [6.45, 7) is 0. The van der Waals surface area contributed by atoms with Crippen LogP contribution in [0.4, 0.5) is 10.1 Å². The lowest BCUT2D eigenvalue weighted by Gasteiger charge is -2.04. The molecule has 7 heteroatoms. The number of benzene rings is 1. The van der Waals surface area contributed by atoms with Crippen molar-refractivity contribution < 1.29 is 9.31 Å². The molecule has 1 heterocycles. The molecule has 92 valence electrons. The van der Waals surface area contributed by atoms with Crippen molar-refractivity contribution >= 4 is 33.2 Å². The van der Waals surface area contributed by atoms with Gasteiger partial charge in [-0.1, -0.05) is 17.7 Å². The topological polar surface area (TPSA) is 56.0 Å². The monoisotopic (exact) mass is 330 g/mol. The molecule has 4 nitrogen and oxygen atoms in total. The summed E-state index contributed by atoms with van der Waals surface area (Å²) in [6.07, 6.45) is 0. The van der Waals surface area contributed by atoms with E-state index in [9.17, 15) is 14.5 Å². The second-order valence-corrected chi connectivity index (χ2v) is 4.63. The number of rotatable bonds is 2. The Morgan fingerprint density at radius 1 is 1.39 bits per heavy atom. The van der Waals surface area contributed by atoms with Gasteiger partial charge >= 0.3 is 0 Å². The first kappa shape index (κ1) is 12.9. The summed E-state index contributed by atoms with van der Waals surface area (Å²) in [7, 11) is 0. The number of hydrogen-bond acceptors (Lipinski definition) is 3. The van der Waals surface area contributed by atoms with Gasteiger partial charge in [0.15, 0.2) is 0 Å². The smallest absolute Gasteiger partial charge is 0.258 e. The summed E-state index contributed by atoms with van der Waals surface area (Å²) < 4.78 is 14.1. The first-order chi connectivity index (χ1) is 8.49. The summed E-state index contributed by atoms with van der Waals surface area (Å²) >= 11 is 8.73. The van der Waals surface area contributed by atoms with Crippen LogP contribution in [0.5, 0.6) is 0 Å². The SMILES string of the molecule is O=[N+]([O-])c1cc(Cl)nc(-c2cccc(Br)c2F)c1. The minimum Gasteiger partial charge on any atom is -0.258 e. The summed E-state index contributed by atoms with van der Waals surface area (Å²) in [4.78, 5) is 14.0. The quantitative estimate of drug-likeness (QED) is 0.470. The molecule has 0 aliphatic rings. The van der Waals surface area contributed by atoms with Crippen molar-refractivity contribution in [2.75, 3.05) is 0 Å². The molecule has 0 saturated carbocycles. The van der Waals surface area contributed by atoms with E-state index < -0.39 is 10.7 Å². The molecule has 2 rings (SSSR count). The highest BCUT2D eigenvalue weighted by Gasteiger charge is 2.15. The van der Waals surface area contributed by atoms with E-state index in [0.29, 0.717) is 0 Å². The van der Waals surface area contributed by atoms with E-state index in [0.717, 1.165) is 6.07 Å². The molecule has 0 fully saturated rings. The fourth-order valence-electron chi connectivity index (χ4n) is 1.43. The second-order valence-electron chi connectivity index (χ2n) is 3.39. The number of nitrogens with zero attached hydrogens (tertiary/aromatic N) is 2. The van der Waals surface area contributed by atoms with Crippen molar-refractivity contribution in [3.05, 3.63) is 55.9 Å². The fourth-order valence-corrected chi connectivity index (χ4v) is 2.00. The van der Waals surface area contributed by atoms with Crippen molar-refractivity contribution in [2.45, 2.75) is 0 Å². The molecule has 18 heavy (non-hydrogen) atoms. The van der Waals surface area contributed by atoms with E-state index in [1.807, 2.05) is 0 Å². The Morgan fingerprint density at radius 3 is 2.78 bits per heavy atom. The van der Waals surface area contributed by atoms with Crippen LogP contribution >= 0.6 is 27.5 Å². The van der Waals surface area contributed by atoms with E-state index >= 15 is 0 Å². The standard InChI is InChI=1S/C11H5BrClFN2O2/c12-8-3-1-2-7(11(8)14)9-4-6(16(17)18)5-10(13)15-9/h1-5H. The third kappa shape index (κ3) is 2.49. The van der Waals surface area contributed by atoms with Crippen molar-refractivity contribution in [2.24, 2.45) is 0 Å². The van der Waals surface area contributed by atoms with Gasteiger partial charge in [0.05, 0.1) is 21.2 Å². The number of hydrogen-bond donors (Lipinski definition) is 0. The van der Waals surface area contributed by atoms with Crippen molar-refractivity contribution in [1.29, 1.82) is 0 Å². The largest absolute Gasteiger partial charge is 0.274 e. The van der Waals surface area contributed by atoms with Crippen LogP contribution in [0, 0.1) is 15.9 Å². The minimum absolute atomic E-state index is 0.0569. The summed E-state index contributed by atoms with van der Waals surface area (Å²) in [5.41, 5.74) is 0.0346. The Morgan fingerprint density at radius 2 is 2.11 bits per heavy atom. The van der Waals surface area contributed by atoms with E-state index in [4.69, 9.17) is 11.6 Å². The molecule has 0 spiro atoms. The number of aromatic nitrogens is 1. The first-order valence-corrected chi connectivity index (χ1v) is 5.92. The third-order valence-electron chi connectivity index (χ3n) is 2.22. The van der Waals surface area contributed by atoms with E-state index in [-0.39, 0.29) is 26.6 Å². The maximum Gasteiger partial charge on any atom is 0.274 e. The highest BCUT2D eigenvalue weighted by Crippen LogP contribution is 2.30. The molecule has 0 aliphatic carbocycles. The number of pyridine rings is 1. The molecule has 1 aromatic carbocycles. The van der Waals surface area contributed by atoms with Crippen LogP contribution in [0.3, 0.4) is 0 Å². The molecular formula is C11H5BrClFN2O2. The van der Waals surface area contributed by atoms with Gasteiger partial charge in [0, 0.05) is 11.6 Å². The van der Waals surface area contributed by atoms with Gasteiger partial charge in [0.1, 0.15) is 11.0 Å². The fraction of sp³-hybridized carbons (Fsp3) is 0. The summed E-state index contributed by atoms with van der Waals surface area (Å²) in [6, 6.07) is 6.90. The van der Waals surface area contributed by atoms with Gasteiger partial charge in [0.2, 0.25) is 0 Å². The third-order valence-corrected chi connectivity index (χ3v) is 3.02. The van der Waals surface area contributed by atoms with Crippen LogP contribution in [-0.4, -0.2) is 9.91 Å². The average molecular weight is 332 g/mol. The summed E-state index contributed by atoms with van der Waals surface area (Å²) in [5.74, 6) is -0.540. The molecule has 0 saturated heterocycles. The lowest BCUT2D eigenvalue weighted by atomic mass is 10.1. The molecule has 0 N–H and O–H groups in total. The Balaban J connectivity index is 2.64. The average Bonchev–Trinajstić information content (AvgIpc) is 2.31. The van der Waals surface area contributed by atoms with Crippen molar-refractivity contribution in [3.8, 4) is 11.3 Å². The zero-order chi connectivity index (χ0) is 13.3. The Hall–Kier alpha value is -1.53. The molecule has 1 aromatic heterocycles. The molecule has 0 amide bonds. The normalized spacial score (nSPS) is 10.4. The van der Waals surface area contributed by atoms with Crippen LogP contribution < -0.4 is 0 Å². The molecule has 0 atom stereocenters. The highest BCUT2D eigenvalue weighted by molar-refractivity contribution is 9.10. The van der Waals surface area contributed by atoms with Gasteiger partial charge in [-0.05, 0) is 28.1 Å². The van der Waals surface area contributed by atoms with E-state index in [1.165, 1.54) is 18.2 Å². The van der Waals surface area contributed by atoms with Crippen LogP contribution in [0.15, 0.2) is 34.8 Å². The van der Waals surface area contributed by atoms with Gasteiger partial charge in [-0.15, -0.1) is 0 Å². The van der Waals surface area contributed by atoms with Crippen LogP contribution in [0.2, 0.25) is 5.15 Å². The van der Waals surface area contributed by atoms with Crippen molar-refractivity contribution in [3.63, 3.8) is 0 Å². The van der Waals surface area contributed by atoms with Gasteiger partial charge in [-0.3, -0.25) is 10.1 Å².